The number of hydrogen-bond acceptors (Lipinski definition) is 5. The highest BCUT2D eigenvalue weighted by Crippen LogP contribution is 2.26. The summed E-state index contributed by atoms with van der Waals surface area (Å²) in [6, 6.07) is 6.12. The molecular weight excluding hydrogens is 376 g/mol. The van der Waals surface area contributed by atoms with Gasteiger partial charge in [0, 0.05) is 31.0 Å². The minimum Gasteiger partial charge on any atom is -0.384 e. The molecule has 1 unspecified atom stereocenters. The van der Waals surface area contributed by atoms with Crippen LogP contribution in [-0.2, 0) is 27.2 Å². The monoisotopic (exact) mass is 408 g/mol. The highest BCUT2D eigenvalue weighted by atomic mass is 16.1. The standard InChI is InChI=1S/C25H32N2O3/c1-2-18-15-20-14-17(8-10-22(20)27-13-12-23(18)28)9-11-24(29)21(26)16-25(30)19-6-4-3-5-7-19/h6,8,10,14,18,26-27H,2-5,7,9,11-13,15-16H2,1H3. The van der Waals surface area contributed by atoms with Gasteiger partial charge in [-0.15, -0.1) is 0 Å². The summed E-state index contributed by atoms with van der Waals surface area (Å²) >= 11 is 0. The van der Waals surface area contributed by atoms with Crippen molar-refractivity contribution in [2.24, 2.45) is 5.92 Å². The van der Waals surface area contributed by atoms with Crippen molar-refractivity contribution in [3.63, 3.8) is 0 Å². The normalized spacial score (nSPS) is 19.0. The average molecular weight is 409 g/mol. The summed E-state index contributed by atoms with van der Waals surface area (Å²) < 4.78 is 0. The van der Waals surface area contributed by atoms with Crippen LogP contribution < -0.4 is 5.32 Å². The van der Waals surface area contributed by atoms with Crippen molar-refractivity contribution in [2.75, 3.05) is 11.9 Å². The van der Waals surface area contributed by atoms with Crippen LogP contribution in [-0.4, -0.2) is 29.6 Å². The zero-order chi connectivity index (χ0) is 21.5. The van der Waals surface area contributed by atoms with Crippen molar-refractivity contribution < 1.29 is 14.4 Å². The number of allylic oxidation sites excluding steroid dienone is 2. The molecule has 0 amide bonds. The predicted molar refractivity (Wildman–Crippen MR) is 119 cm³/mol. The molecule has 0 fully saturated rings. The molecule has 2 N–H and O–H groups in total. The van der Waals surface area contributed by atoms with Crippen LogP contribution >= 0.6 is 0 Å². The van der Waals surface area contributed by atoms with Crippen LogP contribution in [0, 0.1) is 11.3 Å². The van der Waals surface area contributed by atoms with Gasteiger partial charge in [0.1, 0.15) is 5.78 Å². The van der Waals surface area contributed by atoms with Gasteiger partial charge >= 0.3 is 0 Å². The predicted octanol–water partition coefficient (Wildman–Crippen LogP) is 4.62. The first kappa shape index (κ1) is 22.1. The summed E-state index contributed by atoms with van der Waals surface area (Å²) in [5, 5.41) is 11.4. The number of carbonyl (C=O) groups is 3. The summed E-state index contributed by atoms with van der Waals surface area (Å²) in [4.78, 5) is 37.0. The van der Waals surface area contributed by atoms with Gasteiger partial charge in [0.25, 0.3) is 0 Å². The molecule has 0 aromatic heterocycles. The number of nitrogens with one attached hydrogen (secondary N) is 2. The van der Waals surface area contributed by atoms with Crippen molar-refractivity contribution >= 4 is 28.7 Å². The molecule has 0 spiro atoms. The Balaban J connectivity index is 1.58. The SMILES string of the molecule is CCC1Cc2cc(CCC(=O)C(=N)CC(=O)C3=CCCCC3)ccc2NCCC1=O. The lowest BCUT2D eigenvalue weighted by Gasteiger charge is -2.22. The van der Waals surface area contributed by atoms with Crippen LogP contribution in [0.1, 0.15) is 69.4 Å². The van der Waals surface area contributed by atoms with E-state index < -0.39 is 0 Å². The van der Waals surface area contributed by atoms with Gasteiger partial charge in [0.05, 0.1) is 12.1 Å². The third kappa shape index (κ3) is 5.74. The molecule has 5 nitrogen and oxygen atoms in total. The van der Waals surface area contributed by atoms with Gasteiger partial charge in [0.15, 0.2) is 11.6 Å². The summed E-state index contributed by atoms with van der Waals surface area (Å²) in [5.41, 5.74) is 3.91. The first-order chi connectivity index (χ1) is 14.5. The van der Waals surface area contributed by atoms with Crippen LogP contribution in [0.15, 0.2) is 29.8 Å². The summed E-state index contributed by atoms with van der Waals surface area (Å²) in [5.74, 6) is 0.0279. The number of benzene rings is 1. The van der Waals surface area contributed by atoms with E-state index in [9.17, 15) is 14.4 Å². The summed E-state index contributed by atoms with van der Waals surface area (Å²) in [6.45, 7) is 2.71. The Hall–Kier alpha value is -2.56. The lowest BCUT2D eigenvalue weighted by Crippen LogP contribution is -2.23. The number of rotatable bonds is 8. The molecule has 1 atom stereocenters. The van der Waals surface area contributed by atoms with E-state index in [1.807, 2.05) is 18.2 Å². The fourth-order valence-corrected chi connectivity index (χ4v) is 4.29. The Morgan fingerprint density at radius 1 is 1.20 bits per heavy atom. The maximum atomic E-state index is 12.4. The highest BCUT2D eigenvalue weighted by molar-refractivity contribution is 6.42. The Kier molecular flexibility index (Phi) is 7.72. The molecule has 0 saturated carbocycles. The Labute approximate surface area is 178 Å². The molecule has 1 aromatic rings. The molecule has 1 heterocycles. The molecule has 3 rings (SSSR count). The maximum absolute atomic E-state index is 12.4. The first-order valence-electron chi connectivity index (χ1n) is 11.2. The third-order valence-corrected chi connectivity index (χ3v) is 6.23. The topological polar surface area (TPSA) is 87.1 Å². The Morgan fingerprint density at radius 3 is 2.77 bits per heavy atom. The van der Waals surface area contributed by atoms with Gasteiger partial charge in [-0.25, -0.2) is 0 Å². The zero-order valence-electron chi connectivity index (χ0n) is 17.9. The van der Waals surface area contributed by atoms with E-state index in [0.717, 1.165) is 60.9 Å². The van der Waals surface area contributed by atoms with E-state index in [4.69, 9.17) is 5.41 Å². The number of fused-ring (bicyclic) bond motifs is 1. The van der Waals surface area contributed by atoms with Crippen LogP contribution in [0.4, 0.5) is 5.69 Å². The van der Waals surface area contributed by atoms with Crippen molar-refractivity contribution in [3.8, 4) is 0 Å². The lowest BCUT2D eigenvalue weighted by molar-refractivity contribution is -0.122. The van der Waals surface area contributed by atoms with Gasteiger partial charge < -0.3 is 10.7 Å². The van der Waals surface area contributed by atoms with E-state index in [1.54, 1.807) is 0 Å². The number of Topliss-reactive ketones (excluding diaryl/α,β-unsaturated/α-hetero) is 3. The van der Waals surface area contributed by atoms with Crippen molar-refractivity contribution in [1.29, 1.82) is 5.41 Å². The van der Waals surface area contributed by atoms with Crippen molar-refractivity contribution in [1.82, 2.24) is 0 Å². The van der Waals surface area contributed by atoms with E-state index in [1.165, 1.54) is 0 Å². The summed E-state index contributed by atoms with van der Waals surface area (Å²) in [6.07, 6.45) is 8.57. The van der Waals surface area contributed by atoms with Gasteiger partial charge in [-0.1, -0.05) is 25.1 Å². The van der Waals surface area contributed by atoms with Crippen LogP contribution in [0.2, 0.25) is 0 Å². The maximum Gasteiger partial charge on any atom is 0.177 e. The van der Waals surface area contributed by atoms with Crippen molar-refractivity contribution in [3.05, 3.63) is 41.0 Å². The molecule has 0 radical (unpaired) electrons. The zero-order valence-corrected chi connectivity index (χ0v) is 17.9. The minimum absolute atomic E-state index is 0.0519. The Morgan fingerprint density at radius 2 is 2.03 bits per heavy atom. The van der Waals surface area contributed by atoms with Gasteiger partial charge in [-0.05, 0) is 67.7 Å². The molecule has 1 aliphatic heterocycles. The number of aryl methyl sites for hydroxylation is 1. The molecular formula is C25H32N2O3. The third-order valence-electron chi connectivity index (χ3n) is 6.23. The van der Waals surface area contributed by atoms with Crippen LogP contribution in [0.5, 0.6) is 0 Å². The number of carbonyl (C=O) groups excluding carboxylic acids is 3. The number of anilines is 1. The fraction of sp³-hybridized carbons (Fsp3) is 0.520. The first-order valence-corrected chi connectivity index (χ1v) is 11.2. The van der Waals surface area contributed by atoms with E-state index in [-0.39, 0.29) is 36.0 Å². The minimum atomic E-state index is -0.258. The smallest absolute Gasteiger partial charge is 0.177 e. The second-order valence-corrected chi connectivity index (χ2v) is 8.42. The molecule has 0 saturated heterocycles. The molecule has 30 heavy (non-hydrogen) atoms. The molecule has 0 bridgehead atoms. The Bertz CT molecular complexity index is 869. The van der Waals surface area contributed by atoms with E-state index in [2.05, 4.69) is 18.3 Å². The lowest BCUT2D eigenvalue weighted by atomic mass is 9.88. The number of ketones is 3. The van der Waals surface area contributed by atoms with Crippen LogP contribution in [0.25, 0.3) is 0 Å². The quantitative estimate of drug-likeness (QED) is 0.615. The average Bonchev–Trinajstić information content (AvgIpc) is 2.75. The number of hydrogen-bond donors (Lipinski definition) is 2. The fourth-order valence-electron chi connectivity index (χ4n) is 4.29. The summed E-state index contributed by atoms with van der Waals surface area (Å²) in [7, 11) is 0. The molecule has 2 aliphatic rings. The van der Waals surface area contributed by atoms with Gasteiger partial charge in [0.2, 0.25) is 0 Å². The second kappa shape index (κ2) is 10.5. The largest absolute Gasteiger partial charge is 0.384 e. The van der Waals surface area contributed by atoms with Crippen molar-refractivity contribution in [2.45, 2.75) is 71.1 Å². The molecule has 160 valence electrons. The van der Waals surface area contributed by atoms with Crippen LogP contribution in [0.3, 0.4) is 0 Å². The molecule has 1 aliphatic carbocycles. The highest BCUT2D eigenvalue weighted by Gasteiger charge is 2.22. The van der Waals surface area contributed by atoms with E-state index in [0.29, 0.717) is 25.2 Å². The van der Waals surface area contributed by atoms with Gasteiger partial charge in [-0.3, -0.25) is 14.4 Å². The molecule has 1 aromatic carbocycles. The molecule has 5 heteroatoms. The second-order valence-electron chi connectivity index (χ2n) is 8.42. The van der Waals surface area contributed by atoms with Gasteiger partial charge in [-0.2, -0.15) is 0 Å². The van der Waals surface area contributed by atoms with E-state index >= 15 is 0 Å².